The van der Waals surface area contributed by atoms with Gasteiger partial charge in [-0.1, -0.05) is 23.5 Å². The van der Waals surface area contributed by atoms with Crippen LogP contribution >= 0.6 is 11.3 Å². The van der Waals surface area contributed by atoms with Gasteiger partial charge in [-0.3, -0.25) is 9.48 Å². The van der Waals surface area contributed by atoms with Crippen molar-refractivity contribution in [3.63, 3.8) is 0 Å². The monoisotopic (exact) mass is 509 g/mol. The molecule has 0 atom stereocenters. The fourth-order valence-corrected chi connectivity index (χ4v) is 6.72. The Morgan fingerprint density at radius 2 is 2.00 bits per heavy atom. The summed E-state index contributed by atoms with van der Waals surface area (Å²) in [6.45, 7) is 7.49. The maximum absolute atomic E-state index is 12.8. The molecule has 0 saturated heterocycles. The molecule has 3 heterocycles. The molecule has 0 radical (unpaired) electrons. The van der Waals surface area contributed by atoms with Crippen LogP contribution in [0.2, 0.25) is 0 Å². The number of fused-ring (bicyclic) bond motifs is 2. The van der Waals surface area contributed by atoms with Crippen LogP contribution in [0, 0.1) is 5.92 Å². The normalized spacial score (nSPS) is 20.9. The van der Waals surface area contributed by atoms with E-state index in [1.165, 1.54) is 36.4 Å². The topological polar surface area (TPSA) is 72.3 Å². The number of ether oxygens (including phenoxy) is 1. The number of hydrogen-bond acceptors (Lipinski definition) is 6. The standard InChI is InChI=1S/C28H39N5O2S/c1-19(2)35-28-30-25-12-15-33(16-13-26(25)36-28)14-11-20-7-9-22(10-8-20)29-27(34)17-21-5-4-6-24-23(21)18-32(3)31-24/h4-6,18-20,22H,7-17H2,1-3H3,(H,29,34). The lowest BCUT2D eigenvalue weighted by atomic mass is 9.84. The van der Waals surface area contributed by atoms with Crippen molar-refractivity contribution in [2.75, 3.05) is 19.6 Å². The highest BCUT2D eigenvalue weighted by atomic mass is 32.1. The SMILES string of the molecule is CC(C)Oc1nc2c(s1)CCN(CCC1CCC(NC(=O)Cc3cccc4nn(C)cc34)CC1)CC2. The molecule has 3 aromatic rings. The van der Waals surface area contributed by atoms with Gasteiger partial charge < -0.3 is 15.0 Å². The van der Waals surface area contributed by atoms with Gasteiger partial charge in [-0.15, -0.1) is 0 Å². The molecule has 194 valence electrons. The lowest BCUT2D eigenvalue weighted by molar-refractivity contribution is -0.121. The van der Waals surface area contributed by atoms with E-state index in [0.29, 0.717) is 12.5 Å². The molecule has 5 rings (SSSR count). The molecule has 1 saturated carbocycles. The first-order valence-corrected chi connectivity index (χ1v) is 14.3. The zero-order valence-electron chi connectivity index (χ0n) is 21.8. The number of hydrogen-bond donors (Lipinski definition) is 1. The third kappa shape index (κ3) is 6.27. The van der Waals surface area contributed by atoms with Crippen LogP contribution in [0.3, 0.4) is 0 Å². The highest BCUT2D eigenvalue weighted by molar-refractivity contribution is 7.13. The number of nitrogens with one attached hydrogen (secondary N) is 1. The van der Waals surface area contributed by atoms with Crippen LogP contribution in [-0.2, 0) is 31.1 Å². The van der Waals surface area contributed by atoms with Crippen LogP contribution in [-0.4, -0.2) is 57.4 Å². The molecule has 1 amide bonds. The van der Waals surface area contributed by atoms with E-state index in [-0.39, 0.29) is 12.0 Å². The van der Waals surface area contributed by atoms with E-state index >= 15 is 0 Å². The van der Waals surface area contributed by atoms with Crippen LogP contribution in [0.5, 0.6) is 5.19 Å². The van der Waals surface area contributed by atoms with Crippen LogP contribution < -0.4 is 10.1 Å². The minimum absolute atomic E-state index is 0.127. The Hall–Kier alpha value is -2.45. The van der Waals surface area contributed by atoms with Crippen molar-refractivity contribution in [3.05, 3.63) is 40.5 Å². The van der Waals surface area contributed by atoms with Crippen LogP contribution in [0.1, 0.15) is 62.1 Å². The molecule has 8 heteroatoms. The van der Waals surface area contributed by atoms with Gasteiger partial charge in [-0.05, 0) is 76.5 Å². The lowest BCUT2D eigenvalue weighted by Crippen LogP contribution is -2.39. The second-order valence-electron chi connectivity index (χ2n) is 10.8. The van der Waals surface area contributed by atoms with E-state index in [0.717, 1.165) is 66.4 Å². The van der Waals surface area contributed by atoms with E-state index in [9.17, 15) is 4.79 Å². The van der Waals surface area contributed by atoms with Gasteiger partial charge in [0.05, 0.1) is 23.7 Å². The van der Waals surface area contributed by atoms with E-state index in [2.05, 4.69) is 29.2 Å². The number of benzene rings is 1. The van der Waals surface area contributed by atoms with Gasteiger partial charge >= 0.3 is 0 Å². The van der Waals surface area contributed by atoms with Crippen molar-refractivity contribution < 1.29 is 9.53 Å². The van der Waals surface area contributed by atoms with Crippen molar-refractivity contribution in [3.8, 4) is 5.19 Å². The van der Waals surface area contributed by atoms with Crippen molar-refractivity contribution in [2.24, 2.45) is 13.0 Å². The molecular weight excluding hydrogens is 470 g/mol. The minimum Gasteiger partial charge on any atom is -0.467 e. The summed E-state index contributed by atoms with van der Waals surface area (Å²) in [6, 6.07) is 6.33. The highest BCUT2D eigenvalue weighted by Gasteiger charge is 2.24. The number of amides is 1. The number of aromatic nitrogens is 3. The molecule has 1 aliphatic heterocycles. The average molecular weight is 510 g/mol. The fourth-order valence-electron chi connectivity index (χ4n) is 5.65. The van der Waals surface area contributed by atoms with Gasteiger partial charge in [-0.25, -0.2) is 4.98 Å². The van der Waals surface area contributed by atoms with E-state index in [1.807, 2.05) is 36.1 Å². The molecule has 36 heavy (non-hydrogen) atoms. The first-order chi connectivity index (χ1) is 17.4. The average Bonchev–Trinajstić information content (AvgIpc) is 3.36. The second-order valence-corrected chi connectivity index (χ2v) is 11.8. The Kier molecular flexibility index (Phi) is 7.91. The molecule has 7 nitrogen and oxygen atoms in total. The summed E-state index contributed by atoms with van der Waals surface area (Å²) in [5.41, 5.74) is 3.25. The van der Waals surface area contributed by atoms with Crippen molar-refractivity contribution >= 4 is 28.1 Å². The van der Waals surface area contributed by atoms with Gasteiger partial charge in [0.2, 0.25) is 5.91 Å². The summed E-state index contributed by atoms with van der Waals surface area (Å²) in [7, 11) is 1.92. The first kappa shape index (κ1) is 25.2. The Morgan fingerprint density at radius 3 is 2.81 bits per heavy atom. The first-order valence-electron chi connectivity index (χ1n) is 13.5. The van der Waals surface area contributed by atoms with Gasteiger partial charge in [0.25, 0.3) is 5.19 Å². The molecule has 1 aliphatic carbocycles. The summed E-state index contributed by atoms with van der Waals surface area (Å²) < 4.78 is 7.62. The molecule has 0 spiro atoms. The van der Waals surface area contributed by atoms with E-state index in [4.69, 9.17) is 9.72 Å². The maximum atomic E-state index is 12.8. The molecule has 2 aliphatic rings. The van der Waals surface area contributed by atoms with E-state index in [1.54, 1.807) is 11.3 Å². The number of rotatable bonds is 8. The highest BCUT2D eigenvalue weighted by Crippen LogP contribution is 2.30. The number of aryl methyl sites for hydroxylation is 1. The summed E-state index contributed by atoms with van der Waals surface area (Å²) in [5, 5.41) is 9.67. The Morgan fingerprint density at radius 1 is 1.19 bits per heavy atom. The number of carbonyl (C=O) groups excluding carboxylic acids is 1. The third-order valence-electron chi connectivity index (χ3n) is 7.59. The maximum Gasteiger partial charge on any atom is 0.273 e. The van der Waals surface area contributed by atoms with Crippen LogP contribution in [0.15, 0.2) is 24.4 Å². The van der Waals surface area contributed by atoms with Crippen molar-refractivity contribution in [1.29, 1.82) is 0 Å². The fraction of sp³-hybridized carbons (Fsp3) is 0.607. The predicted octanol–water partition coefficient (Wildman–Crippen LogP) is 4.53. The van der Waals surface area contributed by atoms with Crippen molar-refractivity contribution in [1.82, 2.24) is 25.0 Å². The molecule has 1 fully saturated rings. The minimum atomic E-state index is 0.127. The van der Waals surface area contributed by atoms with Crippen molar-refractivity contribution in [2.45, 2.75) is 77.4 Å². The number of nitrogens with zero attached hydrogens (tertiary/aromatic N) is 4. The van der Waals surface area contributed by atoms with Gasteiger partial charge in [-0.2, -0.15) is 5.10 Å². The molecule has 0 unspecified atom stereocenters. The second kappa shape index (κ2) is 11.3. The lowest BCUT2D eigenvalue weighted by Gasteiger charge is -2.30. The summed E-state index contributed by atoms with van der Waals surface area (Å²) in [4.78, 5) is 21.5. The summed E-state index contributed by atoms with van der Waals surface area (Å²) in [5.74, 6) is 0.895. The van der Waals surface area contributed by atoms with E-state index < -0.39 is 0 Å². The third-order valence-corrected chi connectivity index (χ3v) is 8.63. The molecule has 2 aromatic heterocycles. The van der Waals surface area contributed by atoms with Gasteiger partial charge in [0, 0.05) is 49.1 Å². The quantitative estimate of drug-likeness (QED) is 0.483. The zero-order chi connectivity index (χ0) is 25.1. The van der Waals surface area contributed by atoms with Crippen LogP contribution in [0.4, 0.5) is 0 Å². The zero-order valence-corrected chi connectivity index (χ0v) is 22.6. The smallest absolute Gasteiger partial charge is 0.273 e. The molecule has 0 bridgehead atoms. The molecule has 1 N–H and O–H groups in total. The molecule has 1 aromatic carbocycles. The Labute approximate surface area is 218 Å². The molecular formula is C28H39N5O2S. The van der Waals surface area contributed by atoms with Crippen LogP contribution in [0.25, 0.3) is 10.9 Å². The Bertz CT molecular complexity index is 1150. The predicted molar refractivity (Wildman–Crippen MR) is 145 cm³/mol. The summed E-state index contributed by atoms with van der Waals surface area (Å²) >= 11 is 1.73. The number of thiazole rings is 1. The number of carbonyl (C=O) groups is 1. The largest absolute Gasteiger partial charge is 0.467 e. The van der Waals surface area contributed by atoms with Gasteiger partial charge in [0.15, 0.2) is 0 Å². The Balaban J connectivity index is 1.02. The van der Waals surface area contributed by atoms with Gasteiger partial charge in [0.1, 0.15) is 0 Å². The summed E-state index contributed by atoms with van der Waals surface area (Å²) in [6.07, 6.45) is 10.6.